The van der Waals surface area contributed by atoms with Crippen molar-refractivity contribution < 1.29 is 19.4 Å². The summed E-state index contributed by atoms with van der Waals surface area (Å²) in [6, 6.07) is 0. The molecule has 0 atom stereocenters. The van der Waals surface area contributed by atoms with Crippen LogP contribution in [0.25, 0.3) is 0 Å². The van der Waals surface area contributed by atoms with Crippen LogP contribution in [0.5, 0.6) is 0 Å². The molecular formula is C13H18N2O4. The Morgan fingerprint density at radius 2 is 2.26 bits per heavy atom. The number of carboxylic acids is 1. The van der Waals surface area contributed by atoms with Gasteiger partial charge in [0.2, 0.25) is 0 Å². The molecule has 6 nitrogen and oxygen atoms in total. The Labute approximate surface area is 111 Å². The molecule has 3 rings (SSSR count). The van der Waals surface area contributed by atoms with Gasteiger partial charge in [-0.05, 0) is 18.4 Å². The first-order chi connectivity index (χ1) is 9.17. The standard InChI is InChI=1S/C13H18N2O4/c16-12(17)2-1-5-15-9-10-8-13(18-6-7-19-13)4-3-11(10)14-15/h9H,1-8H2,(H,16,17). The van der Waals surface area contributed by atoms with E-state index in [1.807, 2.05) is 10.9 Å². The molecule has 1 aliphatic carbocycles. The number of hydrogen-bond acceptors (Lipinski definition) is 4. The summed E-state index contributed by atoms with van der Waals surface area (Å²) < 4.78 is 13.3. The number of fused-ring (bicyclic) bond motifs is 1. The fourth-order valence-electron chi connectivity index (χ4n) is 2.80. The molecular weight excluding hydrogens is 248 g/mol. The Bertz CT molecular complexity index is 477. The Balaban J connectivity index is 1.65. The van der Waals surface area contributed by atoms with Crippen molar-refractivity contribution in [3.05, 3.63) is 17.5 Å². The molecule has 2 aliphatic rings. The van der Waals surface area contributed by atoms with Crippen molar-refractivity contribution in [1.29, 1.82) is 0 Å². The predicted octanol–water partition coefficient (Wildman–Crippen LogP) is 0.980. The second-order valence-corrected chi connectivity index (χ2v) is 5.15. The van der Waals surface area contributed by atoms with Crippen LogP contribution in [0.3, 0.4) is 0 Å². The Morgan fingerprint density at radius 1 is 1.47 bits per heavy atom. The molecule has 1 aliphatic heterocycles. The highest BCUT2D eigenvalue weighted by Gasteiger charge is 2.40. The summed E-state index contributed by atoms with van der Waals surface area (Å²) >= 11 is 0. The lowest BCUT2D eigenvalue weighted by Gasteiger charge is -2.30. The number of aliphatic carboxylic acids is 1. The molecule has 104 valence electrons. The molecule has 0 amide bonds. The van der Waals surface area contributed by atoms with E-state index < -0.39 is 11.8 Å². The van der Waals surface area contributed by atoms with Gasteiger partial charge in [-0.15, -0.1) is 0 Å². The van der Waals surface area contributed by atoms with E-state index in [4.69, 9.17) is 14.6 Å². The minimum atomic E-state index is -0.761. The van der Waals surface area contributed by atoms with Crippen LogP contribution in [0.4, 0.5) is 0 Å². The third-order valence-corrected chi connectivity index (χ3v) is 3.72. The maximum atomic E-state index is 10.5. The summed E-state index contributed by atoms with van der Waals surface area (Å²) in [5.41, 5.74) is 2.27. The molecule has 2 heterocycles. The Kier molecular flexibility index (Phi) is 3.28. The van der Waals surface area contributed by atoms with Gasteiger partial charge >= 0.3 is 5.97 Å². The van der Waals surface area contributed by atoms with Crippen molar-refractivity contribution in [1.82, 2.24) is 9.78 Å². The lowest BCUT2D eigenvalue weighted by Crippen LogP contribution is -2.36. The van der Waals surface area contributed by atoms with Gasteiger partial charge in [0.25, 0.3) is 0 Å². The van der Waals surface area contributed by atoms with Gasteiger partial charge in [-0.3, -0.25) is 9.48 Å². The van der Waals surface area contributed by atoms with E-state index in [1.54, 1.807) is 0 Å². The molecule has 0 bridgehead atoms. The van der Waals surface area contributed by atoms with Gasteiger partial charge in [0.05, 0.1) is 18.9 Å². The second kappa shape index (κ2) is 4.94. The van der Waals surface area contributed by atoms with E-state index in [9.17, 15) is 4.79 Å². The van der Waals surface area contributed by atoms with E-state index in [0.29, 0.717) is 26.2 Å². The molecule has 19 heavy (non-hydrogen) atoms. The van der Waals surface area contributed by atoms with Crippen LogP contribution in [0.1, 0.15) is 30.5 Å². The largest absolute Gasteiger partial charge is 0.481 e. The number of carboxylic acid groups (broad SMARTS) is 1. The molecule has 1 saturated heterocycles. The lowest BCUT2D eigenvalue weighted by molar-refractivity contribution is -0.163. The first-order valence-corrected chi connectivity index (χ1v) is 6.72. The molecule has 0 unspecified atom stereocenters. The van der Waals surface area contributed by atoms with Gasteiger partial charge in [0, 0.05) is 32.0 Å². The highest BCUT2D eigenvalue weighted by atomic mass is 16.7. The van der Waals surface area contributed by atoms with E-state index in [0.717, 1.165) is 25.0 Å². The average Bonchev–Trinajstić information content (AvgIpc) is 2.96. The van der Waals surface area contributed by atoms with Crippen molar-refractivity contribution in [2.24, 2.45) is 0 Å². The van der Waals surface area contributed by atoms with Gasteiger partial charge in [-0.1, -0.05) is 0 Å². The quantitative estimate of drug-likeness (QED) is 0.879. The number of nitrogens with zero attached hydrogens (tertiary/aromatic N) is 2. The van der Waals surface area contributed by atoms with Gasteiger partial charge in [-0.25, -0.2) is 0 Å². The first-order valence-electron chi connectivity index (χ1n) is 6.72. The van der Waals surface area contributed by atoms with E-state index in [2.05, 4.69) is 5.10 Å². The Morgan fingerprint density at radius 3 is 3.00 bits per heavy atom. The first kappa shape index (κ1) is 12.6. The third kappa shape index (κ3) is 2.64. The van der Waals surface area contributed by atoms with Gasteiger partial charge < -0.3 is 14.6 Å². The zero-order valence-electron chi connectivity index (χ0n) is 10.8. The zero-order chi connectivity index (χ0) is 13.3. The van der Waals surface area contributed by atoms with Crippen LogP contribution in [0.15, 0.2) is 6.20 Å². The van der Waals surface area contributed by atoms with E-state index >= 15 is 0 Å². The summed E-state index contributed by atoms with van der Waals surface area (Å²) in [6.07, 6.45) is 5.26. The SMILES string of the molecule is O=C(O)CCCn1cc2c(n1)CCC1(C2)OCCO1. The third-order valence-electron chi connectivity index (χ3n) is 3.72. The normalized spacial score (nSPS) is 20.6. The zero-order valence-corrected chi connectivity index (χ0v) is 10.8. The van der Waals surface area contributed by atoms with Crippen molar-refractivity contribution in [2.45, 2.75) is 44.4 Å². The van der Waals surface area contributed by atoms with Crippen LogP contribution in [-0.4, -0.2) is 39.9 Å². The number of rotatable bonds is 4. The van der Waals surface area contributed by atoms with Gasteiger partial charge in [0.1, 0.15) is 0 Å². The predicted molar refractivity (Wildman–Crippen MR) is 65.8 cm³/mol. The highest BCUT2D eigenvalue weighted by Crippen LogP contribution is 2.34. The summed E-state index contributed by atoms with van der Waals surface area (Å²) in [7, 11) is 0. The summed E-state index contributed by atoms with van der Waals surface area (Å²) in [6.45, 7) is 1.98. The Hall–Kier alpha value is -1.40. The van der Waals surface area contributed by atoms with Crippen LogP contribution >= 0.6 is 0 Å². The average molecular weight is 266 g/mol. The molecule has 6 heteroatoms. The minimum Gasteiger partial charge on any atom is -0.481 e. The molecule has 1 N–H and O–H groups in total. The molecule has 1 aromatic heterocycles. The number of ether oxygens (including phenoxy) is 2. The lowest BCUT2D eigenvalue weighted by atomic mass is 9.92. The number of aromatic nitrogens is 2. The van der Waals surface area contributed by atoms with E-state index in [-0.39, 0.29) is 6.42 Å². The van der Waals surface area contributed by atoms with Crippen molar-refractivity contribution in [3.8, 4) is 0 Å². The number of hydrogen-bond donors (Lipinski definition) is 1. The smallest absolute Gasteiger partial charge is 0.303 e. The summed E-state index contributed by atoms with van der Waals surface area (Å²) in [4.78, 5) is 10.5. The monoisotopic (exact) mass is 266 g/mol. The van der Waals surface area contributed by atoms with Crippen molar-refractivity contribution >= 4 is 5.97 Å². The molecule has 0 aromatic carbocycles. The molecule has 1 fully saturated rings. The highest BCUT2D eigenvalue weighted by molar-refractivity contribution is 5.66. The maximum Gasteiger partial charge on any atom is 0.303 e. The maximum absolute atomic E-state index is 10.5. The topological polar surface area (TPSA) is 73.6 Å². The van der Waals surface area contributed by atoms with Crippen LogP contribution in [0, 0.1) is 0 Å². The fourth-order valence-corrected chi connectivity index (χ4v) is 2.80. The summed E-state index contributed by atoms with van der Waals surface area (Å²) in [5, 5.41) is 13.1. The molecule has 0 saturated carbocycles. The van der Waals surface area contributed by atoms with Crippen molar-refractivity contribution in [3.63, 3.8) is 0 Å². The van der Waals surface area contributed by atoms with Crippen LogP contribution in [-0.2, 0) is 33.7 Å². The molecule has 1 aromatic rings. The van der Waals surface area contributed by atoms with Crippen LogP contribution in [0.2, 0.25) is 0 Å². The van der Waals surface area contributed by atoms with Gasteiger partial charge in [-0.2, -0.15) is 5.10 Å². The number of aryl methyl sites for hydroxylation is 2. The number of carbonyl (C=O) groups is 1. The molecule has 1 spiro atoms. The van der Waals surface area contributed by atoms with Gasteiger partial charge in [0.15, 0.2) is 5.79 Å². The second-order valence-electron chi connectivity index (χ2n) is 5.15. The fraction of sp³-hybridized carbons (Fsp3) is 0.692. The van der Waals surface area contributed by atoms with E-state index in [1.165, 1.54) is 5.56 Å². The summed E-state index contributed by atoms with van der Waals surface area (Å²) in [5.74, 6) is -1.19. The van der Waals surface area contributed by atoms with Crippen molar-refractivity contribution in [2.75, 3.05) is 13.2 Å². The van der Waals surface area contributed by atoms with Crippen LogP contribution < -0.4 is 0 Å². The minimum absolute atomic E-state index is 0.181. The molecule has 0 radical (unpaired) electrons.